The minimum atomic E-state index is -0.362. The Kier molecular flexibility index (Phi) is 5.39. The molecule has 0 aliphatic carbocycles. The van der Waals surface area contributed by atoms with Crippen molar-refractivity contribution >= 4 is 0 Å². The number of hydrogen-bond acceptors (Lipinski definition) is 2. The van der Waals surface area contributed by atoms with Crippen LogP contribution in [-0.2, 0) is 5.41 Å². The summed E-state index contributed by atoms with van der Waals surface area (Å²) >= 11 is 0. The molecule has 0 aromatic heterocycles. The lowest BCUT2D eigenvalue weighted by atomic mass is 9.87. The Hall–Kier alpha value is -2.34. The van der Waals surface area contributed by atoms with E-state index in [1.165, 1.54) is 17.7 Å². The summed E-state index contributed by atoms with van der Waals surface area (Å²) in [5.74, 6) is 0.106. The van der Waals surface area contributed by atoms with Crippen LogP contribution in [0.15, 0.2) is 48.5 Å². The van der Waals surface area contributed by atoms with Crippen molar-refractivity contribution in [2.45, 2.75) is 38.5 Å². The number of halogens is 1. The van der Waals surface area contributed by atoms with Crippen molar-refractivity contribution in [2.24, 2.45) is 0 Å². The topological polar surface area (TPSA) is 33.0 Å². The molecular formula is C20H22FNO. The zero-order valence-corrected chi connectivity index (χ0v) is 13.8. The molecule has 0 saturated heterocycles. The summed E-state index contributed by atoms with van der Waals surface area (Å²) in [6.45, 7) is 6.92. The third kappa shape index (κ3) is 4.82. The SMILES string of the molecule is CC(C)(C)c1ccc(OCCC(C#N)c2cccc(F)c2)cc1. The van der Waals surface area contributed by atoms with Gasteiger partial charge in [0.25, 0.3) is 0 Å². The molecule has 0 bridgehead atoms. The Labute approximate surface area is 137 Å². The van der Waals surface area contributed by atoms with Gasteiger partial charge in [-0.25, -0.2) is 4.39 Å². The molecule has 0 heterocycles. The van der Waals surface area contributed by atoms with E-state index < -0.39 is 0 Å². The molecule has 2 nitrogen and oxygen atoms in total. The van der Waals surface area contributed by atoms with Gasteiger partial charge in [-0.15, -0.1) is 0 Å². The smallest absolute Gasteiger partial charge is 0.123 e. The largest absolute Gasteiger partial charge is 0.494 e. The summed E-state index contributed by atoms with van der Waals surface area (Å²) in [6.07, 6.45) is 0.529. The van der Waals surface area contributed by atoms with E-state index in [-0.39, 0.29) is 17.2 Å². The minimum Gasteiger partial charge on any atom is -0.494 e. The quantitative estimate of drug-likeness (QED) is 0.760. The first kappa shape index (κ1) is 17.0. The van der Waals surface area contributed by atoms with Gasteiger partial charge in [-0.2, -0.15) is 5.26 Å². The van der Waals surface area contributed by atoms with Crippen LogP contribution in [0.5, 0.6) is 5.75 Å². The molecule has 1 unspecified atom stereocenters. The molecule has 0 amide bonds. The van der Waals surface area contributed by atoms with Crippen LogP contribution in [0, 0.1) is 17.1 Å². The van der Waals surface area contributed by atoms with Gasteiger partial charge in [-0.05, 0) is 40.8 Å². The molecule has 0 N–H and O–H groups in total. The molecule has 2 aromatic carbocycles. The number of hydrogen-bond donors (Lipinski definition) is 0. The standard InChI is InChI=1S/C20H22FNO/c1-20(2,3)17-7-9-19(10-8-17)23-12-11-16(14-22)15-5-4-6-18(21)13-15/h4-10,13,16H,11-12H2,1-3H3. The first-order valence-corrected chi connectivity index (χ1v) is 7.78. The van der Waals surface area contributed by atoms with Crippen LogP contribution in [0.3, 0.4) is 0 Å². The molecule has 0 radical (unpaired) electrons. The van der Waals surface area contributed by atoms with E-state index in [1.807, 2.05) is 12.1 Å². The van der Waals surface area contributed by atoms with E-state index in [9.17, 15) is 9.65 Å². The molecule has 0 fully saturated rings. The first-order chi connectivity index (χ1) is 10.9. The van der Waals surface area contributed by atoms with Crippen molar-refractivity contribution < 1.29 is 9.13 Å². The van der Waals surface area contributed by atoms with Gasteiger partial charge in [-0.3, -0.25) is 0 Å². The van der Waals surface area contributed by atoms with Gasteiger partial charge in [0.05, 0.1) is 18.6 Å². The van der Waals surface area contributed by atoms with Crippen molar-refractivity contribution in [3.05, 3.63) is 65.5 Å². The molecule has 0 spiro atoms. The summed E-state index contributed by atoms with van der Waals surface area (Å²) < 4.78 is 19.0. The average molecular weight is 311 g/mol. The highest BCUT2D eigenvalue weighted by Gasteiger charge is 2.14. The second kappa shape index (κ2) is 7.28. The normalized spacial score (nSPS) is 12.5. The van der Waals surface area contributed by atoms with E-state index in [1.54, 1.807) is 12.1 Å². The molecule has 3 heteroatoms. The number of ether oxygens (including phenoxy) is 1. The molecule has 120 valence electrons. The Morgan fingerprint density at radius 2 is 1.83 bits per heavy atom. The lowest BCUT2D eigenvalue weighted by molar-refractivity contribution is 0.305. The second-order valence-electron chi connectivity index (χ2n) is 6.65. The van der Waals surface area contributed by atoms with Crippen molar-refractivity contribution in [2.75, 3.05) is 6.61 Å². The summed E-state index contributed by atoms with van der Waals surface area (Å²) in [7, 11) is 0. The fraction of sp³-hybridized carbons (Fsp3) is 0.350. The monoisotopic (exact) mass is 311 g/mol. The van der Waals surface area contributed by atoms with Gasteiger partial charge in [-0.1, -0.05) is 45.0 Å². The van der Waals surface area contributed by atoms with Crippen LogP contribution in [0.1, 0.15) is 44.2 Å². The van der Waals surface area contributed by atoms with Crippen molar-refractivity contribution in [3.8, 4) is 11.8 Å². The fourth-order valence-electron chi connectivity index (χ4n) is 2.37. The third-order valence-electron chi connectivity index (χ3n) is 3.80. The second-order valence-corrected chi connectivity index (χ2v) is 6.65. The van der Waals surface area contributed by atoms with E-state index in [4.69, 9.17) is 4.74 Å². The minimum absolute atomic E-state index is 0.113. The average Bonchev–Trinajstić information content (AvgIpc) is 2.51. The summed E-state index contributed by atoms with van der Waals surface area (Å²) in [5.41, 5.74) is 2.06. The maximum Gasteiger partial charge on any atom is 0.123 e. The van der Waals surface area contributed by atoms with Crippen molar-refractivity contribution in [1.29, 1.82) is 5.26 Å². The van der Waals surface area contributed by atoms with Gasteiger partial charge >= 0.3 is 0 Å². The summed E-state index contributed by atoms with van der Waals surface area (Å²) in [5, 5.41) is 9.27. The highest BCUT2D eigenvalue weighted by atomic mass is 19.1. The van der Waals surface area contributed by atoms with Crippen LogP contribution < -0.4 is 4.74 Å². The van der Waals surface area contributed by atoms with E-state index in [0.29, 0.717) is 18.6 Å². The van der Waals surface area contributed by atoms with Crippen LogP contribution in [0.2, 0.25) is 0 Å². The van der Waals surface area contributed by atoms with Gasteiger partial charge in [0.15, 0.2) is 0 Å². The maximum absolute atomic E-state index is 13.2. The fourth-order valence-corrected chi connectivity index (χ4v) is 2.37. The number of rotatable bonds is 5. The lowest BCUT2D eigenvalue weighted by Crippen LogP contribution is -2.10. The predicted octanol–water partition coefficient (Wildman–Crippen LogP) is 5.20. The molecule has 0 aliphatic rings. The van der Waals surface area contributed by atoms with Gasteiger partial charge in [0.1, 0.15) is 11.6 Å². The highest BCUT2D eigenvalue weighted by Crippen LogP contribution is 2.25. The molecule has 1 atom stereocenters. The Morgan fingerprint density at radius 1 is 1.13 bits per heavy atom. The van der Waals surface area contributed by atoms with Crippen LogP contribution in [0.4, 0.5) is 4.39 Å². The number of nitriles is 1. The molecular weight excluding hydrogens is 289 g/mol. The van der Waals surface area contributed by atoms with E-state index in [2.05, 4.69) is 39.0 Å². The Morgan fingerprint density at radius 3 is 2.39 bits per heavy atom. The van der Waals surface area contributed by atoms with Gasteiger partial charge < -0.3 is 4.74 Å². The van der Waals surface area contributed by atoms with Crippen LogP contribution in [0.25, 0.3) is 0 Å². The lowest BCUT2D eigenvalue weighted by Gasteiger charge is -2.19. The third-order valence-corrected chi connectivity index (χ3v) is 3.80. The Bertz CT molecular complexity index is 680. The molecule has 2 rings (SSSR count). The molecule has 0 saturated carbocycles. The predicted molar refractivity (Wildman–Crippen MR) is 90.0 cm³/mol. The van der Waals surface area contributed by atoms with Crippen molar-refractivity contribution in [3.63, 3.8) is 0 Å². The highest BCUT2D eigenvalue weighted by molar-refractivity contribution is 5.31. The summed E-state index contributed by atoms with van der Waals surface area (Å²) in [6, 6.07) is 16.4. The summed E-state index contributed by atoms with van der Waals surface area (Å²) in [4.78, 5) is 0. The van der Waals surface area contributed by atoms with E-state index in [0.717, 1.165) is 5.75 Å². The van der Waals surface area contributed by atoms with Crippen LogP contribution >= 0.6 is 0 Å². The molecule has 0 aliphatic heterocycles. The Balaban J connectivity index is 1.92. The van der Waals surface area contributed by atoms with Gasteiger partial charge in [0, 0.05) is 6.42 Å². The zero-order chi connectivity index (χ0) is 16.9. The number of nitrogens with zero attached hydrogens (tertiary/aromatic N) is 1. The van der Waals surface area contributed by atoms with Crippen molar-refractivity contribution in [1.82, 2.24) is 0 Å². The molecule has 2 aromatic rings. The van der Waals surface area contributed by atoms with E-state index >= 15 is 0 Å². The van der Waals surface area contributed by atoms with Crippen LogP contribution in [-0.4, -0.2) is 6.61 Å². The first-order valence-electron chi connectivity index (χ1n) is 7.78. The zero-order valence-electron chi connectivity index (χ0n) is 13.8. The van der Waals surface area contributed by atoms with Gasteiger partial charge in [0.2, 0.25) is 0 Å². The molecule has 23 heavy (non-hydrogen) atoms. The number of benzene rings is 2. The maximum atomic E-state index is 13.2.